The van der Waals surface area contributed by atoms with E-state index in [9.17, 15) is 0 Å². The zero-order valence-corrected chi connectivity index (χ0v) is 29.5. The third kappa shape index (κ3) is 4.76. The van der Waals surface area contributed by atoms with Gasteiger partial charge in [-0.2, -0.15) is 0 Å². The fourth-order valence-electron chi connectivity index (χ4n) is 8.28. The molecule has 0 saturated heterocycles. The van der Waals surface area contributed by atoms with E-state index in [4.69, 9.17) is 0 Å². The molecule has 0 amide bonds. The van der Waals surface area contributed by atoms with Crippen molar-refractivity contribution in [2.45, 2.75) is 45.4 Å². The largest absolute Gasteiger partial charge is 0.310 e. The van der Waals surface area contributed by atoms with Gasteiger partial charge in [-0.15, -0.1) is 0 Å². The van der Waals surface area contributed by atoms with Gasteiger partial charge in [0.2, 0.25) is 0 Å². The fraction of sp³-hybridized carbons (Fsp3) is 0.143. The maximum absolute atomic E-state index is 2.49. The van der Waals surface area contributed by atoms with Gasteiger partial charge in [-0.3, -0.25) is 0 Å². The van der Waals surface area contributed by atoms with Crippen molar-refractivity contribution >= 4 is 49.4 Å². The second kappa shape index (κ2) is 11.2. The van der Waals surface area contributed by atoms with Gasteiger partial charge >= 0.3 is 0 Å². The summed E-state index contributed by atoms with van der Waals surface area (Å²) in [6.07, 6.45) is 0. The van der Waals surface area contributed by atoms with Gasteiger partial charge in [-0.25, -0.2) is 0 Å². The number of fused-ring (bicyclic) bond motifs is 6. The Balaban J connectivity index is 1.34. The SMILES string of the molecule is CC(C)(C)c1ccc(N(c2ccc3c(c2)-c2cc4ccccc4cc2C3(C)C)c2ccc3ccccc3c2-c2cccc3ccccc23)cc1. The van der Waals surface area contributed by atoms with Gasteiger partial charge in [0.05, 0.1) is 5.69 Å². The summed E-state index contributed by atoms with van der Waals surface area (Å²) in [6, 6.07) is 58.9. The average molecular weight is 644 g/mol. The van der Waals surface area contributed by atoms with Crippen molar-refractivity contribution < 1.29 is 0 Å². The van der Waals surface area contributed by atoms with Crippen LogP contribution in [-0.4, -0.2) is 0 Å². The molecule has 1 nitrogen and oxygen atoms in total. The van der Waals surface area contributed by atoms with E-state index in [0.717, 1.165) is 11.4 Å². The van der Waals surface area contributed by atoms with E-state index < -0.39 is 0 Å². The van der Waals surface area contributed by atoms with Crippen molar-refractivity contribution in [3.63, 3.8) is 0 Å². The van der Waals surface area contributed by atoms with E-state index in [2.05, 4.69) is 197 Å². The Kier molecular flexibility index (Phi) is 6.80. The van der Waals surface area contributed by atoms with Crippen LogP contribution in [0.1, 0.15) is 51.3 Å². The average Bonchev–Trinajstić information content (AvgIpc) is 3.35. The second-order valence-electron chi connectivity index (χ2n) is 15.4. The van der Waals surface area contributed by atoms with Crippen molar-refractivity contribution in [3.05, 3.63) is 174 Å². The predicted octanol–water partition coefficient (Wildman–Crippen LogP) is 13.9. The van der Waals surface area contributed by atoms with Gasteiger partial charge in [0.1, 0.15) is 0 Å². The Hall–Kier alpha value is -5.66. The first kappa shape index (κ1) is 30.4. The Morgan fingerprint density at radius 3 is 1.74 bits per heavy atom. The number of rotatable bonds is 4. The summed E-state index contributed by atoms with van der Waals surface area (Å²) in [5, 5.41) is 7.56. The van der Waals surface area contributed by atoms with E-state index in [1.165, 1.54) is 76.9 Å². The van der Waals surface area contributed by atoms with Gasteiger partial charge < -0.3 is 4.90 Å². The molecule has 0 bridgehead atoms. The van der Waals surface area contributed by atoms with Gasteiger partial charge in [0.25, 0.3) is 0 Å². The fourth-order valence-corrected chi connectivity index (χ4v) is 8.28. The number of anilines is 3. The zero-order chi connectivity index (χ0) is 34.2. The minimum absolute atomic E-state index is 0.0616. The molecule has 0 heterocycles. The van der Waals surface area contributed by atoms with Crippen LogP contribution >= 0.6 is 0 Å². The minimum Gasteiger partial charge on any atom is -0.310 e. The third-order valence-electron chi connectivity index (χ3n) is 11.0. The molecule has 0 saturated carbocycles. The Morgan fingerprint density at radius 2 is 1.02 bits per heavy atom. The zero-order valence-electron chi connectivity index (χ0n) is 29.5. The molecule has 0 atom stereocenters. The molecule has 0 unspecified atom stereocenters. The summed E-state index contributed by atoms with van der Waals surface area (Å²) in [5.41, 5.74) is 12.7. The van der Waals surface area contributed by atoms with Crippen molar-refractivity contribution in [1.29, 1.82) is 0 Å². The molecule has 1 aliphatic rings. The first-order valence-corrected chi connectivity index (χ1v) is 17.8. The highest BCUT2D eigenvalue weighted by molar-refractivity contribution is 6.11. The Bertz CT molecular complexity index is 2590. The van der Waals surface area contributed by atoms with E-state index in [-0.39, 0.29) is 10.8 Å². The quantitative estimate of drug-likeness (QED) is 0.184. The molecular formula is C49H41N. The number of hydrogen-bond donors (Lipinski definition) is 0. The van der Waals surface area contributed by atoms with Gasteiger partial charge in [-0.05, 0) is 114 Å². The van der Waals surface area contributed by atoms with Gasteiger partial charge in [0, 0.05) is 22.4 Å². The number of benzene rings is 8. The van der Waals surface area contributed by atoms with Crippen LogP contribution in [-0.2, 0) is 10.8 Å². The van der Waals surface area contributed by atoms with Crippen LogP contribution < -0.4 is 4.90 Å². The molecule has 0 spiro atoms. The van der Waals surface area contributed by atoms with Crippen LogP contribution in [0.15, 0.2) is 158 Å². The minimum atomic E-state index is -0.0938. The molecule has 0 aliphatic heterocycles. The van der Waals surface area contributed by atoms with Crippen molar-refractivity contribution in [3.8, 4) is 22.3 Å². The third-order valence-corrected chi connectivity index (χ3v) is 11.0. The maximum Gasteiger partial charge on any atom is 0.0546 e. The van der Waals surface area contributed by atoms with E-state index >= 15 is 0 Å². The normalized spacial score (nSPS) is 13.5. The smallest absolute Gasteiger partial charge is 0.0546 e. The lowest BCUT2D eigenvalue weighted by atomic mass is 9.82. The standard InChI is InChI=1S/C49H41N/c1-48(2,3)36-22-24-37(25-23-36)50(38-26-27-44-43(31-38)42-29-34-15-6-7-16-35(34)30-45(42)49(44,4)5)46-28-21-33-14-9-11-19-40(33)47(46)41-20-12-17-32-13-8-10-18-39(32)41/h6-31H,1-5H3. The van der Waals surface area contributed by atoms with Crippen LogP contribution in [0.5, 0.6) is 0 Å². The highest BCUT2D eigenvalue weighted by atomic mass is 15.1. The lowest BCUT2D eigenvalue weighted by Gasteiger charge is -2.30. The van der Waals surface area contributed by atoms with Crippen molar-refractivity contribution in [1.82, 2.24) is 0 Å². The first-order chi connectivity index (χ1) is 24.2. The summed E-state index contributed by atoms with van der Waals surface area (Å²) < 4.78 is 0. The van der Waals surface area contributed by atoms with Crippen LogP contribution in [0.25, 0.3) is 54.6 Å². The molecule has 0 radical (unpaired) electrons. The summed E-state index contributed by atoms with van der Waals surface area (Å²) >= 11 is 0. The predicted molar refractivity (Wildman–Crippen MR) is 215 cm³/mol. The molecule has 0 aromatic heterocycles. The molecule has 242 valence electrons. The topological polar surface area (TPSA) is 3.24 Å². The summed E-state index contributed by atoms with van der Waals surface area (Å²) in [5.74, 6) is 0. The summed E-state index contributed by atoms with van der Waals surface area (Å²) in [6.45, 7) is 11.6. The highest BCUT2D eigenvalue weighted by Crippen LogP contribution is 2.53. The Morgan fingerprint density at radius 1 is 0.440 bits per heavy atom. The molecule has 0 N–H and O–H groups in total. The van der Waals surface area contributed by atoms with Crippen LogP contribution in [0.2, 0.25) is 0 Å². The molecular weight excluding hydrogens is 603 g/mol. The van der Waals surface area contributed by atoms with Crippen LogP contribution in [0.4, 0.5) is 17.1 Å². The lowest BCUT2D eigenvalue weighted by Crippen LogP contribution is -2.16. The molecule has 1 aliphatic carbocycles. The molecule has 1 heteroatoms. The molecule has 0 fully saturated rings. The first-order valence-electron chi connectivity index (χ1n) is 17.8. The monoisotopic (exact) mass is 643 g/mol. The summed E-state index contributed by atoms with van der Waals surface area (Å²) in [7, 11) is 0. The molecule has 8 aromatic carbocycles. The number of nitrogens with zero attached hydrogens (tertiary/aromatic N) is 1. The molecule has 50 heavy (non-hydrogen) atoms. The summed E-state index contributed by atoms with van der Waals surface area (Å²) in [4.78, 5) is 2.49. The van der Waals surface area contributed by atoms with E-state index in [0.29, 0.717) is 0 Å². The Labute approximate surface area is 295 Å². The van der Waals surface area contributed by atoms with E-state index in [1.807, 2.05) is 0 Å². The van der Waals surface area contributed by atoms with Crippen LogP contribution in [0.3, 0.4) is 0 Å². The number of hydrogen-bond acceptors (Lipinski definition) is 1. The molecule has 8 aromatic rings. The van der Waals surface area contributed by atoms with Crippen LogP contribution in [0, 0.1) is 0 Å². The maximum atomic E-state index is 2.49. The lowest BCUT2D eigenvalue weighted by molar-refractivity contribution is 0.590. The van der Waals surface area contributed by atoms with Crippen molar-refractivity contribution in [2.75, 3.05) is 4.90 Å². The highest BCUT2D eigenvalue weighted by Gasteiger charge is 2.36. The van der Waals surface area contributed by atoms with Crippen molar-refractivity contribution in [2.24, 2.45) is 0 Å². The van der Waals surface area contributed by atoms with Gasteiger partial charge in [-0.1, -0.05) is 150 Å². The van der Waals surface area contributed by atoms with E-state index in [1.54, 1.807) is 0 Å². The second-order valence-corrected chi connectivity index (χ2v) is 15.4. The van der Waals surface area contributed by atoms with Gasteiger partial charge in [0.15, 0.2) is 0 Å². The molecule has 9 rings (SSSR count).